The molecule has 0 spiro atoms. The van der Waals surface area contributed by atoms with Crippen molar-refractivity contribution >= 4 is 15.9 Å². The molecular formula is C16H18BrFN2O. The van der Waals surface area contributed by atoms with Crippen molar-refractivity contribution < 1.29 is 9.13 Å². The van der Waals surface area contributed by atoms with Gasteiger partial charge in [0.1, 0.15) is 11.6 Å². The molecule has 0 saturated heterocycles. The van der Waals surface area contributed by atoms with Gasteiger partial charge in [-0.25, -0.2) is 9.82 Å². The maximum absolute atomic E-state index is 14.1. The number of halogens is 2. The normalized spacial score (nSPS) is 12.5. The predicted molar refractivity (Wildman–Crippen MR) is 85.5 cm³/mol. The summed E-state index contributed by atoms with van der Waals surface area (Å²) in [6.07, 6.45) is 0.0249. The van der Waals surface area contributed by atoms with E-state index >= 15 is 0 Å². The van der Waals surface area contributed by atoms with Gasteiger partial charge in [0.2, 0.25) is 0 Å². The summed E-state index contributed by atoms with van der Waals surface area (Å²) in [6.45, 7) is 3.89. The fraction of sp³-hybridized carbons (Fsp3) is 0.250. The summed E-state index contributed by atoms with van der Waals surface area (Å²) < 4.78 is 20.7. The Balaban J connectivity index is 2.49. The molecule has 1 unspecified atom stereocenters. The molecule has 0 amide bonds. The number of ether oxygens (including phenoxy) is 1. The second-order valence-corrected chi connectivity index (χ2v) is 5.89. The summed E-state index contributed by atoms with van der Waals surface area (Å²) in [7, 11) is 0. The lowest BCUT2D eigenvalue weighted by Crippen LogP contribution is -2.30. The Hall–Kier alpha value is -1.43. The maximum Gasteiger partial charge on any atom is 0.128 e. The molecule has 3 nitrogen and oxygen atoms in total. The predicted octanol–water partition coefficient (Wildman–Crippen LogP) is 3.93. The molecule has 3 N–H and O–H groups in total. The first kappa shape index (κ1) is 15.9. The second-order valence-electron chi connectivity index (χ2n) is 4.97. The Morgan fingerprint density at radius 2 is 1.86 bits per heavy atom. The SMILES string of the molecule is CC(C)Oc1ccccc1C(NN)c1cc(Br)ccc1F. The summed E-state index contributed by atoms with van der Waals surface area (Å²) in [6, 6.07) is 11.8. The van der Waals surface area contributed by atoms with Crippen molar-refractivity contribution in [3.05, 3.63) is 63.9 Å². The Kier molecular flexibility index (Phi) is 5.33. The first-order valence-electron chi connectivity index (χ1n) is 6.69. The molecule has 0 bridgehead atoms. The van der Waals surface area contributed by atoms with E-state index in [4.69, 9.17) is 10.6 Å². The van der Waals surface area contributed by atoms with Crippen LogP contribution in [0.3, 0.4) is 0 Å². The molecule has 112 valence electrons. The van der Waals surface area contributed by atoms with Crippen molar-refractivity contribution in [1.82, 2.24) is 5.43 Å². The zero-order chi connectivity index (χ0) is 15.4. The van der Waals surface area contributed by atoms with Crippen LogP contribution in [0.15, 0.2) is 46.9 Å². The quantitative estimate of drug-likeness (QED) is 0.633. The fourth-order valence-corrected chi connectivity index (χ4v) is 2.54. The Labute approximate surface area is 132 Å². The van der Waals surface area contributed by atoms with Gasteiger partial charge in [-0.05, 0) is 38.1 Å². The molecule has 0 saturated carbocycles. The van der Waals surface area contributed by atoms with Gasteiger partial charge >= 0.3 is 0 Å². The minimum absolute atomic E-state index is 0.0249. The fourth-order valence-electron chi connectivity index (χ4n) is 2.16. The van der Waals surface area contributed by atoms with Gasteiger partial charge in [0.25, 0.3) is 0 Å². The highest BCUT2D eigenvalue weighted by atomic mass is 79.9. The number of hydrazine groups is 1. The number of para-hydroxylation sites is 1. The molecule has 0 radical (unpaired) electrons. The molecule has 0 aliphatic heterocycles. The van der Waals surface area contributed by atoms with Crippen LogP contribution in [0, 0.1) is 5.82 Å². The van der Waals surface area contributed by atoms with Gasteiger partial charge in [-0.2, -0.15) is 0 Å². The van der Waals surface area contributed by atoms with E-state index in [9.17, 15) is 4.39 Å². The number of hydrogen-bond donors (Lipinski definition) is 2. The van der Waals surface area contributed by atoms with E-state index in [1.54, 1.807) is 12.1 Å². The monoisotopic (exact) mass is 352 g/mol. The average molecular weight is 353 g/mol. The van der Waals surface area contributed by atoms with E-state index in [-0.39, 0.29) is 11.9 Å². The van der Waals surface area contributed by atoms with Crippen LogP contribution >= 0.6 is 15.9 Å². The number of hydrogen-bond acceptors (Lipinski definition) is 3. The highest BCUT2D eigenvalue weighted by Gasteiger charge is 2.20. The largest absolute Gasteiger partial charge is 0.491 e. The van der Waals surface area contributed by atoms with E-state index in [1.165, 1.54) is 6.07 Å². The van der Waals surface area contributed by atoms with Gasteiger partial charge in [-0.15, -0.1) is 0 Å². The minimum Gasteiger partial charge on any atom is -0.491 e. The summed E-state index contributed by atoms with van der Waals surface area (Å²) in [5, 5.41) is 0. The van der Waals surface area contributed by atoms with Crippen LogP contribution in [0.25, 0.3) is 0 Å². The van der Waals surface area contributed by atoms with Crippen molar-refractivity contribution in [3.8, 4) is 5.75 Å². The molecular weight excluding hydrogens is 335 g/mol. The average Bonchev–Trinajstić information content (AvgIpc) is 2.44. The van der Waals surface area contributed by atoms with Crippen LogP contribution in [-0.4, -0.2) is 6.10 Å². The van der Waals surface area contributed by atoms with Crippen molar-refractivity contribution in [2.45, 2.75) is 26.0 Å². The van der Waals surface area contributed by atoms with E-state index in [2.05, 4.69) is 21.4 Å². The van der Waals surface area contributed by atoms with E-state index in [0.29, 0.717) is 11.3 Å². The highest BCUT2D eigenvalue weighted by Crippen LogP contribution is 2.32. The van der Waals surface area contributed by atoms with Gasteiger partial charge in [0, 0.05) is 15.6 Å². The molecule has 0 heterocycles. The molecule has 2 rings (SSSR count). The summed E-state index contributed by atoms with van der Waals surface area (Å²) in [5.74, 6) is 6.04. The summed E-state index contributed by atoms with van der Waals surface area (Å²) in [4.78, 5) is 0. The molecule has 0 aliphatic carbocycles. The van der Waals surface area contributed by atoms with E-state index in [1.807, 2.05) is 38.1 Å². The second kappa shape index (κ2) is 7.02. The van der Waals surface area contributed by atoms with Crippen molar-refractivity contribution in [3.63, 3.8) is 0 Å². The highest BCUT2D eigenvalue weighted by molar-refractivity contribution is 9.10. The number of rotatable bonds is 5. The zero-order valence-electron chi connectivity index (χ0n) is 11.9. The third kappa shape index (κ3) is 3.81. The third-order valence-corrected chi connectivity index (χ3v) is 3.52. The summed E-state index contributed by atoms with van der Waals surface area (Å²) in [5.41, 5.74) is 3.94. The minimum atomic E-state index is -0.488. The Bertz CT molecular complexity index is 619. The van der Waals surface area contributed by atoms with Crippen LogP contribution in [0.5, 0.6) is 5.75 Å². The van der Waals surface area contributed by atoms with E-state index < -0.39 is 6.04 Å². The van der Waals surface area contributed by atoms with Crippen LogP contribution < -0.4 is 16.0 Å². The lowest BCUT2D eigenvalue weighted by Gasteiger charge is -2.22. The number of nitrogens with one attached hydrogen (secondary N) is 1. The van der Waals surface area contributed by atoms with Gasteiger partial charge < -0.3 is 4.74 Å². The summed E-state index contributed by atoms with van der Waals surface area (Å²) >= 11 is 3.36. The molecule has 5 heteroatoms. The first-order chi connectivity index (χ1) is 10.0. The molecule has 0 aromatic heterocycles. The molecule has 2 aromatic rings. The first-order valence-corrected chi connectivity index (χ1v) is 7.49. The number of nitrogens with two attached hydrogens (primary N) is 1. The molecule has 2 aromatic carbocycles. The third-order valence-electron chi connectivity index (χ3n) is 3.03. The zero-order valence-corrected chi connectivity index (χ0v) is 13.5. The molecule has 0 aliphatic rings. The standard InChI is InChI=1S/C16H18BrFN2O/c1-10(2)21-15-6-4-3-5-12(15)16(20-19)13-9-11(17)7-8-14(13)18/h3-10,16,20H,19H2,1-2H3. The lowest BCUT2D eigenvalue weighted by atomic mass is 9.98. The maximum atomic E-state index is 14.1. The Morgan fingerprint density at radius 3 is 2.52 bits per heavy atom. The van der Waals surface area contributed by atoms with Gasteiger partial charge in [0.05, 0.1) is 12.1 Å². The van der Waals surface area contributed by atoms with Gasteiger partial charge in [-0.1, -0.05) is 34.1 Å². The topological polar surface area (TPSA) is 47.3 Å². The van der Waals surface area contributed by atoms with Gasteiger partial charge in [0.15, 0.2) is 0 Å². The smallest absolute Gasteiger partial charge is 0.128 e. The van der Waals surface area contributed by atoms with Crippen molar-refractivity contribution in [2.75, 3.05) is 0 Å². The van der Waals surface area contributed by atoms with Crippen LogP contribution in [0.4, 0.5) is 4.39 Å². The van der Waals surface area contributed by atoms with Crippen molar-refractivity contribution in [1.29, 1.82) is 0 Å². The van der Waals surface area contributed by atoms with Crippen molar-refractivity contribution in [2.24, 2.45) is 5.84 Å². The van der Waals surface area contributed by atoms with Gasteiger partial charge in [-0.3, -0.25) is 5.84 Å². The van der Waals surface area contributed by atoms with E-state index in [0.717, 1.165) is 10.0 Å². The van der Waals surface area contributed by atoms with Crippen LogP contribution in [0.2, 0.25) is 0 Å². The molecule has 21 heavy (non-hydrogen) atoms. The molecule has 1 atom stereocenters. The Morgan fingerprint density at radius 1 is 1.14 bits per heavy atom. The molecule has 0 fully saturated rings. The number of benzene rings is 2. The van der Waals surface area contributed by atoms with Crippen LogP contribution in [-0.2, 0) is 0 Å². The lowest BCUT2D eigenvalue weighted by molar-refractivity contribution is 0.238. The van der Waals surface area contributed by atoms with Crippen LogP contribution in [0.1, 0.15) is 31.0 Å².